The van der Waals surface area contributed by atoms with E-state index < -0.39 is 0 Å². The van der Waals surface area contributed by atoms with Gasteiger partial charge in [-0.25, -0.2) is 0 Å². The largest absolute Gasteiger partial charge is 0.370 e. The fourth-order valence-electron chi connectivity index (χ4n) is 2.78. The first-order chi connectivity index (χ1) is 8.25. The van der Waals surface area contributed by atoms with Crippen molar-refractivity contribution in [3.05, 3.63) is 29.1 Å². The van der Waals surface area contributed by atoms with Gasteiger partial charge in [0.1, 0.15) is 0 Å². The molecule has 0 amide bonds. The van der Waals surface area contributed by atoms with Gasteiger partial charge in [-0.3, -0.25) is 4.98 Å². The Labute approximate surface area is 103 Å². The molecule has 2 aliphatic rings. The van der Waals surface area contributed by atoms with Crippen LogP contribution in [0.5, 0.6) is 0 Å². The summed E-state index contributed by atoms with van der Waals surface area (Å²) in [7, 11) is 0. The molecule has 3 rings (SSSR count). The van der Waals surface area contributed by atoms with Crippen LogP contribution < -0.4 is 5.32 Å². The quantitative estimate of drug-likeness (QED) is 0.808. The lowest BCUT2D eigenvalue weighted by molar-refractivity contribution is -0.0199. The zero-order valence-electron chi connectivity index (χ0n) is 10.6. The average Bonchev–Trinajstić information content (AvgIpc) is 2.38. The van der Waals surface area contributed by atoms with E-state index in [1.54, 1.807) is 0 Å². The number of rotatable bonds is 1. The molecule has 0 saturated carbocycles. The van der Waals surface area contributed by atoms with Crippen molar-refractivity contribution in [2.45, 2.75) is 51.4 Å². The van der Waals surface area contributed by atoms with Crippen molar-refractivity contribution < 1.29 is 4.74 Å². The van der Waals surface area contributed by atoms with Crippen LogP contribution in [0.3, 0.4) is 0 Å². The number of fused-ring (bicyclic) bond motifs is 3. The van der Waals surface area contributed by atoms with Gasteiger partial charge >= 0.3 is 0 Å². The van der Waals surface area contributed by atoms with Gasteiger partial charge in [-0.2, -0.15) is 0 Å². The lowest BCUT2D eigenvalue weighted by Crippen LogP contribution is -2.42. The van der Waals surface area contributed by atoms with Gasteiger partial charge in [0.2, 0.25) is 0 Å². The molecule has 0 aliphatic carbocycles. The first-order valence-corrected chi connectivity index (χ1v) is 6.60. The minimum Gasteiger partial charge on any atom is -0.370 e. The number of nitrogens with one attached hydrogen (secondary N) is 1. The first kappa shape index (κ1) is 11.2. The number of hydrogen-bond acceptors (Lipinski definition) is 3. The van der Waals surface area contributed by atoms with Crippen LogP contribution in [0.15, 0.2) is 12.1 Å². The molecule has 0 spiro atoms. The Bertz CT molecular complexity index is 417. The number of nitrogens with zero attached hydrogens (tertiary/aromatic N) is 1. The second-order valence-electron chi connectivity index (χ2n) is 5.35. The van der Waals surface area contributed by atoms with E-state index in [2.05, 4.69) is 31.3 Å². The van der Waals surface area contributed by atoms with Crippen LogP contribution in [-0.4, -0.2) is 17.6 Å². The Morgan fingerprint density at radius 2 is 2.29 bits per heavy atom. The first-order valence-electron chi connectivity index (χ1n) is 6.60. The lowest BCUT2D eigenvalue weighted by atomic mass is 9.91. The highest BCUT2D eigenvalue weighted by Crippen LogP contribution is 2.33. The zero-order valence-corrected chi connectivity index (χ0v) is 10.6. The minimum absolute atomic E-state index is 0.350. The molecule has 0 bridgehead atoms. The van der Waals surface area contributed by atoms with Gasteiger partial charge in [-0.05, 0) is 36.9 Å². The molecule has 2 aliphatic heterocycles. The van der Waals surface area contributed by atoms with E-state index in [4.69, 9.17) is 9.72 Å². The fraction of sp³-hybridized carbons (Fsp3) is 0.643. The predicted octanol–water partition coefficient (Wildman–Crippen LogP) is 2.53. The fourth-order valence-corrected chi connectivity index (χ4v) is 2.78. The van der Waals surface area contributed by atoms with E-state index in [1.807, 2.05) is 0 Å². The van der Waals surface area contributed by atoms with E-state index in [9.17, 15) is 0 Å². The number of ether oxygens (including phenoxy) is 1. The van der Waals surface area contributed by atoms with Gasteiger partial charge in [0.15, 0.2) is 0 Å². The van der Waals surface area contributed by atoms with Crippen LogP contribution in [0.4, 0.5) is 0 Å². The van der Waals surface area contributed by atoms with E-state index in [0.717, 1.165) is 12.2 Å². The molecule has 17 heavy (non-hydrogen) atoms. The zero-order chi connectivity index (χ0) is 11.8. The molecule has 1 saturated heterocycles. The minimum atomic E-state index is 0.350. The molecular weight excluding hydrogens is 212 g/mol. The summed E-state index contributed by atoms with van der Waals surface area (Å²) in [6.45, 7) is 6.13. The average molecular weight is 232 g/mol. The molecule has 0 radical (unpaired) electrons. The third kappa shape index (κ3) is 1.98. The van der Waals surface area contributed by atoms with Crippen LogP contribution in [-0.2, 0) is 11.3 Å². The summed E-state index contributed by atoms with van der Waals surface area (Å²) in [5.74, 6) is 0.484. The van der Waals surface area contributed by atoms with Gasteiger partial charge in [0.25, 0.3) is 0 Å². The van der Waals surface area contributed by atoms with Gasteiger partial charge in [-0.15, -0.1) is 0 Å². The van der Waals surface area contributed by atoms with Gasteiger partial charge in [0.05, 0.1) is 24.4 Å². The van der Waals surface area contributed by atoms with E-state index in [1.165, 1.54) is 24.1 Å². The molecular formula is C14H20N2O. The van der Waals surface area contributed by atoms with Crippen LogP contribution in [0, 0.1) is 0 Å². The molecule has 1 aromatic rings. The van der Waals surface area contributed by atoms with Gasteiger partial charge in [0, 0.05) is 5.69 Å². The van der Waals surface area contributed by atoms with Crippen LogP contribution in [0.1, 0.15) is 55.6 Å². The summed E-state index contributed by atoms with van der Waals surface area (Å²) in [6.07, 6.45) is 2.74. The Hall–Kier alpha value is -0.930. The van der Waals surface area contributed by atoms with E-state index >= 15 is 0 Å². The molecule has 1 N–H and O–H groups in total. The number of aromatic nitrogens is 1. The molecule has 3 heterocycles. The molecule has 92 valence electrons. The topological polar surface area (TPSA) is 34.1 Å². The highest BCUT2D eigenvalue weighted by Gasteiger charge is 2.33. The number of hydrogen-bond donors (Lipinski definition) is 1. The van der Waals surface area contributed by atoms with Crippen molar-refractivity contribution in [2.75, 3.05) is 6.54 Å². The summed E-state index contributed by atoms with van der Waals surface area (Å²) in [5.41, 5.74) is 3.65. The SMILES string of the molecule is CC(C)c1ccc2c(n1)CO[C@H]1CCCN[C@@H]21. The summed E-state index contributed by atoms with van der Waals surface area (Å²) >= 11 is 0. The van der Waals surface area contributed by atoms with Crippen molar-refractivity contribution >= 4 is 0 Å². The smallest absolute Gasteiger partial charge is 0.0896 e. The van der Waals surface area contributed by atoms with Gasteiger partial charge < -0.3 is 10.1 Å². The number of pyridine rings is 1. The van der Waals surface area contributed by atoms with Crippen molar-refractivity contribution in [2.24, 2.45) is 0 Å². The molecule has 0 aromatic carbocycles. The highest BCUT2D eigenvalue weighted by molar-refractivity contribution is 5.30. The predicted molar refractivity (Wildman–Crippen MR) is 66.9 cm³/mol. The monoisotopic (exact) mass is 232 g/mol. The summed E-state index contributed by atoms with van der Waals surface area (Å²) in [4.78, 5) is 4.74. The summed E-state index contributed by atoms with van der Waals surface area (Å²) in [6, 6.07) is 4.78. The Kier molecular flexibility index (Phi) is 2.89. The standard InChI is InChI=1S/C14H20N2O/c1-9(2)11-6-5-10-12(16-11)8-17-13-4-3-7-15-14(10)13/h5-6,9,13-15H,3-4,7-8H2,1-2H3/t13-,14-/m0/s1. The van der Waals surface area contributed by atoms with Crippen LogP contribution in [0.25, 0.3) is 0 Å². The van der Waals surface area contributed by atoms with Gasteiger partial charge in [-0.1, -0.05) is 19.9 Å². The second kappa shape index (κ2) is 4.39. The number of piperidine rings is 1. The maximum Gasteiger partial charge on any atom is 0.0896 e. The molecule has 3 heteroatoms. The second-order valence-corrected chi connectivity index (χ2v) is 5.35. The third-order valence-electron chi connectivity index (χ3n) is 3.79. The molecule has 3 nitrogen and oxygen atoms in total. The van der Waals surface area contributed by atoms with Crippen LogP contribution >= 0.6 is 0 Å². The molecule has 0 unspecified atom stereocenters. The maximum absolute atomic E-state index is 5.92. The Morgan fingerprint density at radius 1 is 1.41 bits per heavy atom. The van der Waals surface area contributed by atoms with Crippen LogP contribution in [0.2, 0.25) is 0 Å². The molecule has 1 aromatic heterocycles. The Morgan fingerprint density at radius 3 is 3.12 bits per heavy atom. The lowest BCUT2D eigenvalue weighted by Gasteiger charge is -2.37. The van der Waals surface area contributed by atoms with E-state index in [0.29, 0.717) is 24.7 Å². The van der Waals surface area contributed by atoms with Crippen molar-refractivity contribution in [3.63, 3.8) is 0 Å². The normalized spacial score (nSPS) is 27.7. The van der Waals surface area contributed by atoms with Crippen molar-refractivity contribution in [1.82, 2.24) is 10.3 Å². The Balaban J connectivity index is 1.95. The van der Waals surface area contributed by atoms with Crippen molar-refractivity contribution in [1.29, 1.82) is 0 Å². The summed E-state index contributed by atoms with van der Waals surface area (Å²) < 4.78 is 5.92. The maximum atomic E-state index is 5.92. The molecule has 2 atom stereocenters. The van der Waals surface area contributed by atoms with Crippen molar-refractivity contribution in [3.8, 4) is 0 Å². The third-order valence-corrected chi connectivity index (χ3v) is 3.79. The summed E-state index contributed by atoms with van der Waals surface area (Å²) in [5, 5.41) is 3.56. The van der Waals surface area contributed by atoms with E-state index in [-0.39, 0.29) is 0 Å². The highest BCUT2D eigenvalue weighted by atomic mass is 16.5. The molecule has 1 fully saturated rings.